The smallest absolute Gasteiger partial charge is 0.216 e. The number of rotatable bonds is 7. The van der Waals surface area contributed by atoms with Crippen LogP contribution in [0.3, 0.4) is 0 Å². The minimum Gasteiger partial charge on any atom is -0.351 e. The average Bonchev–Trinajstić information content (AvgIpc) is 2.51. The van der Waals surface area contributed by atoms with Crippen LogP contribution in [-0.4, -0.2) is 58.6 Å². The minimum atomic E-state index is -0.685. The van der Waals surface area contributed by atoms with Crippen molar-refractivity contribution < 1.29 is 23.7 Å². The molecule has 0 spiro atoms. The Kier molecular flexibility index (Phi) is 12.2. The first-order chi connectivity index (χ1) is 10.5. The highest BCUT2D eigenvalue weighted by atomic mass is 16.7. The average molecular weight is 317 g/mol. The zero-order valence-electron chi connectivity index (χ0n) is 14.8. The quantitative estimate of drug-likeness (QED) is 0.533. The van der Waals surface area contributed by atoms with E-state index in [4.69, 9.17) is 9.47 Å². The third-order valence-electron chi connectivity index (χ3n) is 3.49. The largest absolute Gasteiger partial charge is 0.351 e. The summed E-state index contributed by atoms with van der Waals surface area (Å²) in [5.74, 6) is -0.116. The number of methoxy groups -OCH3 is 4. The number of carbonyl (C=O) groups excluding carboxylic acids is 1. The van der Waals surface area contributed by atoms with Crippen LogP contribution in [0.4, 0.5) is 0 Å². The van der Waals surface area contributed by atoms with E-state index in [2.05, 4.69) is 14.5 Å². The van der Waals surface area contributed by atoms with Gasteiger partial charge in [0.1, 0.15) is 0 Å². The lowest BCUT2D eigenvalue weighted by molar-refractivity contribution is -0.154. The summed E-state index contributed by atoms with van der Waals surface area (Å²) in [6.07, 6.45) is 5.47. The molecule has 22 heavy (non-hydrogen) atoms. The van der Waals surface area contributed by atoms with E-state index >= 15 is 0 Å². The molecule has 130 valence electrons. The van der Waals surface area contributed by atoms with Crippen molar-refractivity contribution in [2.75, 3.05) is 28.4 Å². The van der Waals surface area contributed by atoms with Gasteiger partial charge in [0, 0.05) is 28.4 Å². The van der Waals surface area contributed by atoms with E-state index in [1.807, 2.05) is 6.92 Å². The second kappa shape index (κ2) is 12.7. The Morgan fingerprint density at radius 1 is 0.864 bits per heavy atom. The van der Waals surface area contributed by atoms with Gasteiger partial charge >= 0.3 is 0 Å². The Bertz CT molecular complexity index is 318. The molecule has 0 aromatic rings. The molecule has 0 unspecified atom stereocenters. The van der Waals surface area contributed by atoms with Gasteiger partial charge in [-0.15, -0.1) is 0 Å². The zero-order valence-corrected chi connectivity index (χ0v) is 14.8. The van der Waals surface area contributed by atoms with Crippen molar-refractivity contribution in [2.45, 2.75) is 64.6 Å². The number of ether oxygens (including phenoxy) is 4. The molecule has 0 radical (unpaired) electrons. The number of hydrogen-bond acceptors (Lipinski definition) is 6. The molecule has 1 saturated carbocycles. The lowest BCUT2D eigenvalue weighted by atomic mass is 9.96. The predicted octanol–water partition coefficient (Wildman–Crippen LogP) is 2.59. The third kappa shape index (κ3) is 8.58. The van der Waals surface area contributed by atoms with E-state index in [1.54, 1.807) is 14.2 Å². The third-order valence-corrected chi connectivity index (χ3v) is 3.49. The standard InChI is InChI=1S/C11H21NO2.C5H10O3/c1-9(11(13-2)14-3)12-10-7-5-4-6-8-10;1-4(6)5(7-2)8-3/h10-11H,4-8H2,1-3H3;5H,1-3H3. The maximum atomic E-state index is 10.4. The Balaban J connectivity index is 0.000000472. The molecule has 0 atom stereocenters. The topological polar surface area (TPSA) is 66.3 Å². The van der Waals surface area contributed by atoms with Crippen LogP contribution in [0.2, 0.25) is 0 Å². The molecule has 1 aliphatic rings. The molecule has 0 heterocycles. The number of hydrogen-bond donors (Lipinski definition) is 0. The normalized spacial score (nSPS) is 16.6. The van der Waals surface area contributed by atoms with Crippen LogP contribution in [0.15, 0.2) is 4.99 Å². The van der Waals surface area contributed by atoms with E-state index in [1.165, 1.54) is 53.2 Å². The minimum absolute atomic E-state index is 0.116. The molecular weight excluding hydrogens is 286 g/mol. The van der Waals surface area contributed by atoms with Crippen molar-refractivity contribution in [3.8, 4) is 0 Å². The van der Waals surface area contributed by atoms with E-state index in [9.17, 15) is 4.79 Å². The SMILES string of the molecule is COC(OC)C(C)=NC1CCCCC1.COC(OC)C(C)=O. The zero-order chi connectivity index (χ0) is 17.0. The Labute approximate surface area is 134 Å². The van der Waals surface area contributed by atoms with Crippen molar-refractivity contribution in [1.82, 2.24) is 0 Å². The molecular formula is C16H31NO5. The molecule has 1 aliphatic carbocycles. The van der Waals surface area contributed by atoms with Gasteiger partial charge in [-0.2, -0.15) is 0 Å². The molecule has 6 heteroatoms. The van der Waals surface area contributed by atoms with E-state index < -0.39 is 6.29 Å². The van der Waals surface area contributed by atoms with Gasteiger partial charge in [0.25, 0.3) is 0 Å². The highest BCUT2D eigenvalue weighted by molar-refractivity contribution is 5.85. The first-order valence-corrected chi connectivity index (χ1v) is 7.66. The highest BCUT2D eigenvalue weighted by Gasteiger charge is 2.15. The van der Waals surface area contributed by atoms with Gasteiger partial charge < -0.3 is 18.9 Å². The van der Waals surface area contributed by atoms with Crippen LogP contribution in [0.1, 0.15) is 46.0 Å². The molecule has 0 saturated heterocycles. The van der Waals surface area contributed by atoms with Gasteiger partial charge in [0.05, 0.1) is 11.8 Å². The van der Waals surface area contributed by atoms with Crippen molar-refractivity contribution in [1.29, 1.82) is 0 Å². The molecule has 1 fully saturated rings. The predicted molar refractivity (Wildman–Crippen MR) is 86.3 cm³/mol. The van der Waals surface area contributed by atoms with Crippen molar-refractivity contribution >= 4 is 11.5 Å². The van der Waals surface area contributed by atoms with Crippen LogP contribution in [-0.2, 0) is 23.7 Å². The maximum Gasteiger partial charge on any atom is 0.216 e. The number of Topliss-reactive ketones (excluding diaryl/α,β-unsaturated/α-hetero) is 1. The van der Waals surface area contributed by atoms with Gasteiger partial charge in [-0.1, -0.05) is 19.3 Å². The second-order valence-corrected chi connectivity index (χ2v) is 5.28. The molecule has 0 aromatic carbocycles. The van der Waals surface area contributed by atoms with Gasteiger partial charge in [0.15, 0.2) is 12.1 Å². The summed E-state index contributed by atoms with van der Waals surface area (Å²) in [5.41, 5.74) is 0.960. The van der Waals surface area contributed by atoms with Crippen LogP contribution in [0.5, 0.6) is 0 Å². The Morgan fingerprint density at radius 3 is 1.64 bits per heavy atom. The molecule has 0 aliphatic heterocycles. The second-order valence-electron chi connectivity index (χ2n) is 5.28. The van der Waals surface area contributed by atoms with Gasteiger partial charge in [-0.25, -0.2) is 0 Å². The fraction of sp³-hybridized carbons (Fsp3) is 0.875. The summed E-state index contributed by atoms with van der Waals surface area (Å²) >= 11 is 0. The first kappa shape index (κ1) is 21.2. The summed E-state index contributed by atoms with van der Waals surface area (Å²) in [6, 6.07) is 0.497. The fourth-order valence-electron chi connectivity index (χ4n) is 2.42. The van der Waals surface area contributed by atoms with Gasteiger partial charge in [0.2, 0.25) is 6.29 Å². The summed E-state index contributed by atoms with van der Waals surface area (Å²) in [4.78, 5) is 15.0. The van der Waals surface area contributed by atoms with Crippen LogP contribution in [0, 0.1) is 0 Å². The van der Waals surface area contributed by atoms with Crippen molar-refractivity contribution in [3.63, 3.8) is 0 Å². The fourth-order valence-corrected chi connectivity index (χ4v) is 2.42. The number of nitrogens with zero attached hydrogens (tertiary/aromatic N) is 1. The van der Waals surface area contributed by atoms with Crippen LogP contribution in [0.25, 0.3) is 0 Å². The number of ketones is 1. The lowest BCUT2D eigenvalue weighted by Gasteiger charge is -2.20. The maximum absolute atomic E-state index is 10.4. The van der Waals surface area contributed by atoms with Crippen molar-refractivity contribution in [3.05, 3.63) is 0 Å². The molecule has 0 aromatic heterocycles. The molecule has 0 amide bonds. The number of aliphatic imine (C=N–C) groups is 1. The van der Waals surface area contributed by atoms with E-state index in [0.717, 1.165) is 5.71 Å². The molecule has 0 bridgehead atoms. The summed E-state index contributed by atoms with van der Waals surface area (Å²) in [6.45, 7) is 3.39. The summed E-state index contributed by atoms with van der Waals surface area (Å²) in [7, 11) is 6.15. The monoisotopic (exact) mass is 317 g/mol. The van der Waals surface area contributed by atoms with Gasteiger partial charge in [-0.05, 0) is 26.7 Å². The summed E-state index contributed by atoms with van der Waals surface area (Å²) in [5, 5.41) is 0. The Hall–Kier alpha value is -0.820. The molecule has 1 rings (SSSR count). The van der Waals surface area contributed by atoms with Crippen LogP contribution < -0.4 is 0 Å². The van der Waals surface area contributed by atoms with E-state index in [-0.39, 0.29) is 12.1 Å². The lowest BCUT2D eigenvalue weighted by Crippen LogP contribution is -2.24. The number of carbonyl (C=O) groups is 1. The molecule has 6 nitrogen and oxygen atoms in total. The highest BCUT2D eigenvalue weighted by Crippen LogP contribution is 2.20. The Morgan fingerprint density at radius 2 is 1.32 bits per heavy atom. The van der Waals surface area contributed by atoms with Gasteiger partial charge in [-0.3, -0.25) is 9.79 Å². The van der Waals surface area contributed by atoms with Crippen molar-refractivity contribution in [2.24, 2.45) is 4.99 Å². The van der Waals surface area contributed by atoms with Crippen LogP contribution >= 0.6 is 0 Å². The van der Waals surface area contributed by atoms with E-state index in [0.29, 0.717) is 6.04 Å². The summed E-state index contributed by atoms with van der Waals surface area (Å²) < 4.78 is 19.5. The molecule has 0 N–H and O–H groups in total. The first-order valence-electron chi connectivity index (χ1n) is 7.66.